The molecule has 39 heavy (non-hydrogen) atoms. The largest absolute Gasteiger partial charge is 0.385 e. The molecule has 5 aromatic rings. The van der Waals surface area contributed by atoms with Gasteiger partial charge in [-0.15, -0.1) is 0 Å². The molecule has 0 unspecified atom stereocenters. The van der Waals surface area contributed by atoms with Crippen LogP contribution in [0.15, 0.2) is 97.1 Å². The number of fused-ring (bicyclic) bond motifs is 1. The van der Waals surface area contributed by atoms with Gasteiger partial charge in [-0.25, -0.2) is 0 Å². The summed E-state index contributed by atoms with van der Waals surface area (Å²) in [5, 5.41) is 8.22. The summed E-state index contributed by atoms with van der Waals surface area (Å²) in [6, 6.07) is 35.4. The zero-order valence-corrected chi connectivity index (χ0v) is 23.8. The van der Waals surface area contributed by atoms with Gasteiger partial charge in [0.25, 0.3) is 0 Å². The van der Waals surface area contributed by atoms with E-state index in [0.29, 0.717) is 0 Å². The van der Waals surface area contributed by atoms with Crippen LogP contribution >= 0.6 is 0 Å². The molecule has 2 nitrogen and oxygen atoms in total. The monoisotopic (exact) mass is 510 g/mol. The Labute approximate surface area is 232 Å². The molecule has 0 amide bonds. The van der Waals surface area contributed by atoms with Crippen molar-refractivity contribution in [3.05, 3.63) is 135 Å². The number of benzene rings is 5. The molecule has 0 bridgehead atoms. The quantitative estimate of drug-likeness (QED) is 0.239. The van der Waals surface area contributed by atoms with Gasteiger partial charge in [-0.05, 0) is 96.5 Å². The number of nitrogens with one attached hydrogen (secondary N) is 1. The van der Waals surface area contributed by atoms with Crippen molar-refractivity contribution in [2.75, 3.05) is 23.3 Å². The van der Waals surface area contributed by atoms with E-state index < -0.39 is 0 Å². The third-order valence-electron chi connectivity index (χ3n) is 7.49. The minimum absolute atomic E-state index is 0.889. The second kappa shape index (κ2) is 11.2. The summed E-state index contributed by atoms with van der Waals surface area (Å²) < 4.78 is 0. The third-order valence-corrected chi connectivity index (χ3v) is 7.49. The molecule has 0 fully saturated rings. The smallest absolute Gasteiger partial charge is 0.0470 e. The van der Waals surface area contributed by atoms with E-state index in [2.05, 4.69) is 148 Å². The van der Waals surface area contributed by atoms with Crippen molar-refractivity contribution in [3.63, 3.8) is 0 Å². The highest BCUT2D eigenvalue weighted by atomic mass is 15.1. The van der Waals surface area contributed by atoms with Crippen molar-refractivity contribution in [1.82, 2.24) is 0 Å². The first-order valence-corrected chi connectivity index (χ1v) is 13.9. The molecule has 0 aliphatic carbocycles. The Morgan fingerprint density at radius 1 is 0.744 bits per heavy atom. The number of hydrogen-bond acceptors (Lipinski definition) is 2. The maximum atomic E-state index is 4.11. The van der Waals surface area contributed by atoms with Gasteiger partial charge >= 0.3 is 0 Å². The lowest BCUT2D eigenvalue weighted by atomic mass is 9.90. The van der Waals surface area contributed by atoms with Crippen molar-refractivity contribution in [3.8, 4) is 0 Å². The minimum Gasteiger partial charge on any atom is -0.385 e. The van der Waals surface area contributed by atoms with Gasteiger partial charge in [-0.1, -0.05) is 91.0 Å². The molecule has 1 N–H and O–H groups in total. The van der Waals surface area contributed by atoms with Gasteiger partial charge in [0.1, 0.15) is 0 Å². The number of nitrogens with zero attached hydrogens (tertiary/aromatic N) is 1. The summed E-state index contributed by atoms with van der Waals surface area (Å²) in [6.45, 7) is 16.9. The Morgan fingerprint density at radius 3 is 2.00 bits per heavy atom. The summed E-state index contributed by atoms with van der Waals surface area (Å²) in [5.74, 6) is 0. The number of rotatable bonds is 7. The van der Waals surface area contributed by atoms with Gasteiger partial charge in [0.15, 0.2) is 0 Å². The highest BCUT2D eigenvalue weighted by molar-refractivity contribution is 6.03. The summed E-state index contributed by atoms with van der Waals surface area (Å²) >= 11 is 0. The zero-order valence-electron chi connectivity index (χ0n) is 23.8. The van der Waals surface area contributed by atoms with Crippen molar-refractivity contribution < 1.29 is 0 Å². The van der Waals surface area contributed by atoms with Crippen LogP contribution in [0.1, 0.15) is 41.7 Å². The normalized spacial score (nSPS) is 11.0. The number of anilines is 3. The third kappa shape index (κ3) is 5.20. The Morgan fingerprint density at radius 2 is 1.38 bits per heavy atom. The van der Waals surface area contributed by atoms with Gasteiger partial charge in [-0.3, -0.25) is 0 Å². The standard InChI is InChI=1S/C37H38N2/c1-7-38-35-22-21-34(32-11-9-10-12-33(32)35)36(29-15-13-25(3)14-16-29)30-17-19-31(20-18-30)39(8-2)37-27(5)23-26(4)24-28(37)6/h9-24,38H,3,7-8H2,1-2,4-6H3. The molecule has 5 aromatic carbocycles. The van der Waals surface area contributed by atoms with E-state index in [-0.39, 0.29) is 0 Å². The molecular weight excluding hydrogens is 472 g/mol. The molecule has 5 rings (SSSR count). The predicted molar refractivity (Wildman–Crippen MR) is 171 cm³/mol. The first-order valence-electron chi connectivity index (χ1n) is 13.9. The Bertz CT molecular complexity index is 1700. The summed E-state index contributed by atoms with van der Waals surface area (Å²) in [6.07, 6.45) is 0. The van der Waals surface area contributed by atoms with Gasteiger partial charge in [0, 0.05) is 35.5 Å². The Hall–Kier alpha value is -4.30. The van der Waals surface area contributed by atoms with E-state index in [0.717, 1.165) is 18.3 Å². The molecule has 0 aliphatic rings. The molecule has 0 atom stereocenters. The number of hydrogen-bond donors (Lipinski definition) is 1. The van der Waals surface area contributed by atoms with Gasteiger partial charge in [0.2, 0.25) is 0 Å². The lowest BCUT2D eigenvalue weighted by molar-refractivity contribution is 1.00. The van der Waals surface area contributed by atoms with Crippen molar-refractivity contribution in [2.24, 2.45) is 0 Å². The highest BCUT2D eigenvalue weighted by Gasteiger charge is 2.16. The van der Waals surface area contributed by atoms with E-state index >= 15 is 0 Å². The summed E-state index contributed by atoms with van der Waals surface area (Å²) in [4.78, 5) is 2.42. The molecule has 0 spiro atoms. The zero-order chi connectivity index (χ0) is 27.5. The fraction of sp³-hybridized carbons (Fsp3) is 0.189. The topological polar surface area (TPSA) is 15.3 Å². The molecule has 0 aromatic heterocycles. The van der Waals surface area contributed by atoms with E-state index in [1.165, 1.54) is 66.4 Å². The van der Waals surface area contributed by atoms with Crippen LogP contribution in [-0.4, -0.2) is 13.1 Å². The average Bonchev–Trinajstić information content (AvgIpc) is 2.93. The fourth-order valence-electron chi connectivity index (χ4n) is 5.89. The van der Waals surface area contributed by atoms with Gasteiger partial charge < -0.3 is 10.2 Å². The maximum Gasteiger partial charge on any atom is 0.0470 e. The highest BCUT2D eigenvalue weighted by Crippen LogP contribution is 2.35. The fourth-order valence-corrected chi connectivity index (χ4v) is 5.89. The van der Waals surface area contributed by atoms with Crippen LogP contribution in [0.5, 0.6) is 0 Å². The van der Waals surface area contributed by atoms with Crippen LogP contribution in [-0.2, 0) is 0 Å². The molecular formula is C37H38N2. The van der Waals surface area contributed by atoms with Crippen molar-refractivity contribution in [1.29, 1.82) is 0 Å². The SMILES string of the molecule is C=c1ccc(=C(c2ccc(N(CC)c3c(C)cc(C)cc3C)cc2)c2ccc(NCC)c3ccccc23)cc1. The van der Waals surface area contributed by atoms with Gasteiger partial charge in [0.05, 0.1) is 0 Å². The minimum atomic E-state index is 0.889. The van der Waals surface area contributed by atoms with Gasteiger partial charge in [-0.2, -0.15) is 0 Å². The second-order valence-electron chi connectivity index (χ2n) is 10.3. The average molecular weight is 511 g/mol. The molecule has 196 valence electrons. The van der Waals surface area contributed by atoms with Crippen LogP contribution in [0.25, 0.3) is 22.9 Å². The van der Waals surface area contributed by atoms with E-state index in [4.69, 9.17) is 0 Å². The van der Waals surface area contributed by atoms with Crippen LogP contribution < -0.4 is 20.7 Å². The molecule has 0 aliphatic heterocycles. The Kier molecular flexibility index (Phi) is 7.56. The van der Waals surface area contributed by atoms with E-state index in [1.54, 1.807) is 0 Å². The molecule has 0 saturated carbocycles. The predicted octanol–water partition coefficient (Wildman–Crippen LogP) is 8.01. The molecule has 0 radical (unpaired) electrons. The Balaban J connectivity index is 1.69. The molecule has 0 heterocycles. The van der Waals surface area contributed by atoms with E-state index in [1.807, 2.05) is 0 Å². The number of aryl methyl sites for hydroxylation is 3. The maximum absolute atomic E-state index is 4.11. The van der Waals surface area contributed by atoms with E-state index in [9.17, 15) is 0 Å². The molecule has 2 heteroatoms. The van der Waals surface area contributed by atoms with Crippen molar-refractivity contribution >= 4 is 40.0 Å². The first kappa shape index (κ1) is 26.3. The summed E-state index contributed by atoms with van der Waals surface area (Å²) in [7, 11) is 0. The second-order valence-corrected chi connectivity index (χ2v) is 10.3. The van der Waals surface area contributed by atoms with Crippen LogP contribution in [0.4, 0.5) is 17.1 Å². The van der Waals surface area contributed by atoms with Crippen LogP contribution in [0.2, 0.25) is 0 Å². The lowest BCUT2D eigenvalue weighted by Gasteiger charge is -2.28. The van der Waals surface area contributed by atoms with Crippen LogP contribution in [0.3, 0.4) is 0 Å². The van der Waals surface area contributed by atoms with Crippen molar-refractivity contribution in [2.45, 2.75) is 34.6 Å². The lowest BCUT2D eigenvalue weighted by Crippen LogP contribution is -2.18. The summed E-state index contributed by atoms with van der Waals surface area (Å²) in [5.41, 5.74) is 11.3. The van der Waals surface area contributed by atoms with Crippen LogP contribution in [0, 0.1) is 20.8 Å². The molecule has 0 saturated heterocycles. The first-order chi connectivity index (χ1) is 18.9.